The standard InChI is InChI=1S/C17H16O/c1-3-6-13-11(2)9-15-14-8-5-4-7-12(14)10-16(15)17(13)18/h4-5,7-10H,3,6H2,1-2H3. The van der Waals surface area contributed by atoms with Crippen molar-refractivity contribution in [1.82, 2.24) is 0 Å². The summed E-state index contributed by atoms with van der Waals surface area (Å²) in [5.74, 6) is 0.225. The van der Waals surface area contributed by atoms with Gasteiger partial charge < -0.3 is 0 Å². The van der Waals surface area contributed by atoms with E-state index in [0.717, 1.165) is 40.7 Å². The lowest BCUT2D eigenvalue weighted by Crippen LogP contribution is -2.12. The summed E-state index contributed by atoms with van der Waals surface area (Å²) in [5, 5.41) is 0. The molecule has 0 fully saturated rings. The van der Waals surface area contributed by atoms with Crippen molar-refractivity contribution in [3.05, 3.63) is 58.2 Å². The van der Waals surface area contributed by atoms with Crippen molar-refractivity contribution in [2.45, 2.75) is 26.7 Å². The Balaban J connectivity index is 2.16. The average molecular weight is 236 g/mol. The molecule has 2 aliphatic carbocycles. The third kappa shape index (κ3) is 1.51. The molecule has 0 saturated carbocycles. The number of ketones is 1. The zero-order valence-electron chi connectivity index (χ0n) is 10.8. The fourth-order valence-corrected chi connectivity index (χ4v) is 2.80. The van der Waals surface area contributed by atoms with Crippen LogP contribution in [0.4, 0.5) is 0 Å². The first-order chi connectivity index (χ1) is 8.72. The van der Waals surface area contributed by atoms with Gasteiger partial charge in [0.25, 0.3) is 0 Å². The first-order valence-corrected chi connectivity index (χ1v) is 6.50. The Morgan fingerprint density at radius 2 is 1.83 bits per heavy atom. The van der Waals surface area contributed by atoms with Gasteiger partial charge in [0.05, 0.1) is 0 Å². The summed E-state index contributed by atoms with van der Waals surface area (Å²) >= 11 is 0. The summed E-state index contributed by atoms with van der Waals surface area (Å²) in [5.41, 5.74) is 6.46. The Morgan fingerprint density at radius 1 is 1.06 bits per heavy atom. The zero-order valence-corrected chi connectivity index (χ0v) is 10.8. The molecule has 0 atom stereocenters. The van der Waals surface area contributed by atoms with Crippen LogP contribution in [0, 0.1) is 0 Å². The van der Waals surface area contributed by atoms with Gasteiger partial charge in [-0.15, -0.1) is 0 Å². The first-order valence-electron chi connectivity index (χ1n) is 6.50. The average Bonchev–Trinajstić information content (AvgIpc) is 2.74. The maximum Gasteiger partial charge on any atom is 0.189 e. The van der Waals surface area contributed by atoms with Crippen LogP contribution < -0.4 is 0 Å². The topological polar surface area (TPSA) is 17.1 Å². The third-order valence-electron chi connectivity index (χ3n) is 3.70. The van der Waals surface area contributed by atoms with E-state index < -0.39 is 0 Å². The van der Waals surface area contributed by atoms with Crippen LogP contribution in [0.15, 0.2) is 47.1 Å². The van der Waals surface area contributed by atoms with Gasteiger partial charge in [0.1, 0.15) is 0 Å². The SMILES string of the molecule is CCCC1=C(C)C=C2C(=Cc3ccccc32)C1=O. The number of rotatable bonds is 2. The van der Waals surface area contributed by atoms with E-state index in [-0.39, 0.29) is 5.78 Å². The molecule has 0 bridgehead atoms. The molecule has 1 aromatic rings. The maximum absolute atomic E-state index is 12.5. The van der Waals surface area contributed by atoms with Crippen LogP contribution in [0.5, 0.6) is 0 Å². The van der Waals surface area contributed by atoms with Crippen LogP contribution in [0.2, 0.25) is 0 Å². The quantitative estimate of drug-likeness (QED) is 0.753. The van der Waals surface area contributed by atoms with Gasteiger partial charge in [-0.3, -0.25) is 4.79 Å². The molecular formula is C17H16O. The molecule has 1 aromatic carbocycles. The normalized spacial score (nSPS) is 17.3. The van der Waals surface area contributed by atoms with Gasteiger partial charge in [0.2, 0.25) is 0 Å². The van der Waals surface area contributed by atoms with Gasteiger partial charge in [-0.25, -0.2) is 0 Å². The molecule has 0 saturated heterocycles. The van der Waals surface area contributed by atoms with Crippen molar-refractivity contribution in [2.75, 3.05) is 0 Å². The van der Waals surface area contributed by atoms with E-state index >= 15 is 0 Å². The highest BCUT2D eigenvalue weighted by Gasteiger charge is 2.29. The number of hydrogen-bond donors (Lipinski definition) is 0. The van der Waals surface area contributed by atoms with E-state index in [1.54, 1.807) is 0 Å². The lowest BCUT2D eigenvalue weighted by molar-refractivity contribution is -0.112. The van der Waals surface area contributed by atoms with Gasteiger partial charge >= 0.3 is 0 Å². The lowest BCUT2D eigenvalue weighted by Gasteiger charge is -2.17. The van der Waals surface area contributed by atoms with E-state index in [4.69, 9.17) is 0 Å². The van der Waals surface area contributed by atoms with Crippen LogP contribution >= 0.6 is 0 Å². The largest absolute Gasteiger partial charge is 0.289 e. The highest BCUT2D eigenvalue weighted by molar-refractivity contribution is 6.26. The van der Waals surface area contributed by atoms with Crippen molar-refractivity contribution < 1.29 is 4.79 Å². The Labute approximate surface area is 108 Å². The van der Waals surface area contributed by atoms with E-state index in [2.05, 4.69) is 25.1 Å². The Morgan fingerprint density at radius 3 is 2.61 bits per heavy atom. The summed E-state index contributed by atoms with van der Waals surface area (Å²) in [6.07, 6.45) is 6.10. The molecular weight excluding hydrogens is 220 g/mol. The second kappa shape index (κ2) is 4.09. The Bertz CT molecular complexity index is 627. The monoisotopic (exact) mass is 236 g/mol. The van der Waals surface area contributed by atoms with E-state index in [1.165, 1.54) is 5.56 Å². The number of hydrogen-bond acceptors (Lipinski definition) is 1. The molecule has 0 aliphatic heterocycles. The zero-order chi connectivity index (χ0) is 12.7. The second-order valence-electron chi connectivity index (χ2n) is 4.94. The molecule has 18 heavy (non-hydrogen) atoms. The Kier molecular flexibility index (Phi) is 2.55. The molecule has 0 heterocycles. The fraction of sp³-hybridized carbons (Fsp3) is 0.235. The van der Waals surface area contributed by atoms with E-state index in [1.807, 2.05) is 25.1 Å². The van der Waals surface area contributed by atoms with Gasteiger partial charge in [-0.2, -0.15) is 0 Å². The summed E-state index contributed by atoms with van der Waals surface area (Å²) in [6.45, 7) is 4.16. The molecule has 0 unspecified atom stereocenters. The minimum atomic E-state index is 0.225. The molecule has 0 radical (unpaired) electrons. The predicted molar refractivity (Wildman–Crippen MR) is 75.0 cm³/mol. The molecule has 3 rings (SSSR count). The number of carbonyl (C=O) groups excluding carboxylic acids is 1. The number of carbonyl (C=O) groups is 1. The Hall–Kier alpha value is -1.89. The molecule has 1 nitrogen and oxygen atoms in total. The lowest BCUT2D eigenvalue weighted by atomic mass is 9.85. The van der Waals surface area contributed by atoms with E-state index in [0.29, 0.717) is 0 Å². The van der Waals surface area contributed by atoms with Crippen LogP contribution in [0.3, 0.4) is 0 Å². The maximum atomic E-state index is 12.5. The van der Waals surface area contributed by atoms with E-state index in [9.17, 15) is 4.79 Å². The van der Waals surface area contributed by atoms with Gasteiger partial charge in [-0.1, -0.05) is 43.7 Å². The number of Topliss-reactive ketones (excluding diaryl/α,β-unsaturated/α-hetero) is 1. The highest BCUT2D eigenvalue weighted by atomic mass is 16.1. The van der Waals surface area contributed by atoms with Crippen molar-refractivity contribution >= 4 is 17.4 Å². The van der Waals surface area contributed by atoms with Crippen LogP contribution in [0.25, 0.3) is 11.6 Å². The van der Waals surface area contributed by atoms with Crippen molar-refractivity contribution in [3.8, 4) is 0 Å². The molecule has 1 heteroatoms. The fourth-order valence-electron chi connectivity index (χ4n) is 2.80. The summed E-state index contributed by atoms with van der Waals surface area (Å²) < 4.78 is 0. The molecule has 0 N–H and O–H groups in total. The highest BCUT2D eigenvalue weighted by Crippen LogP contribution is 2.41. The van der Waals surface area contributed by atoms with Crippen molar-refractivity contribution in [2.24, 2.45) is 0 Å². The van der Waals surface area contributed by atoms with Crippen LogP contribution in [0.1, 0.15) is 37.8 Å². The molecule has 2 aliphatic rings. The smallest absolute Gasteiger partial charge is 0.189 e. The summed E-state index contributed by atoms with van der Waals surface area (Å²) in [4.78, 5) is 12.5. The summed E-state index contributed by atoms with van der Waals surface area (Å²) in [6, 6.07) is 8.21. The molecule has 90 valence electrons. The summed E-state index contributed by atoms with van der Waals surface area (Å²) in [7, 11) is 0. The molecule has 0 spiro atoms. The number of benzene rings is 1. The second-order valence-corrected chi connectivity index (χ2v) is 4.94. The van der Waals surface area contributed by atoms with Gasteiger partial charge in [-0.05, 0) is 41.7 Å². The molecule has 0 amide bonds. The molecule has 0 aromatic heterocycles. The van der Waals surface area contributed by atoms with Crippen molar-refractivity contribution in [3.63, 3.8) is 0 Å². The van der Waals surface area contributed by atoms with Gasteiger partial charge in [0, 0.05) is 11.1 Å². The van der Waals surface area contributed by atoms with Crippen LogP contribution in [-0.2, 0) is 4.79 Å². The number of fused-ring (bicyclic) bond motifs is 3. The van der Waals surface area contributed by atoms with Crippen molar-refractivity contribution in [1.29, 1.82) is 0 Å². The minimum Gasteiger partial charge on any atom is -0.289 e. The predicted octanol–water partition coefficient (Wildman–Crippen LogP) is 4.17. The third-order valence-corrected chi connectivity index (χ3v) is 3.70. The first kappa shape index (κ1) is 11.2. The minimum absolute atomic E-state index is 0.225. The van der Waals surface area contributed by atoms with Gasteiger partial charge in [0.15, 0.2) is 5.78 Å². The number of allylic oxidation sites excluding steroid dienone is 5. The van der Waals surface area contributed by atoms with Crippen LogP contribution in [-0.4, -0.2) is 5.78 Å².